The van der Waals surface area contributed by atoms with E-state index in [-0.39, 0.29) is 12.6 Å². The lowest BCUT2D eigenvalue weighted by atomic mass is 10.2. The van der Waals surface area contributed by atoms with Crippen molar-refractivity contribution in [3.63, 3.8) is 0 Å². The van der Waals surface area contributed by atoms with E-state index < -0.39 is 0 Å². The molecule has 0 unspecified atom stereocenters. The van der Waals surface area contributed by atoms with E-state index in [0.717, 1.165) is 24.9 Å². The summed E-state index contributed by atoms with van der Waals surface area (Å²) in [6.07, 6.45) is 2.15. The quantitative estimate of drug-likeness (QED) is 0.905. The minimum Gasteiger partial charge on any atom is -0.395 e. The Balaban J connectivity index is 1.72. The third kappa shape index (κ3) is 2.67. The molecule has 0 spiro atoms. The molecule has 3 rings (SSSR count). The summed E-state index contributed by atoms with van der Waals surface area (Å²) in [7, 11) is 0. The molecule has 2 aromatic rings. The Kier molecular flexibility index (Phi) is 3.57. The van der Waals surface area contributed by atoms with E-state index in [9.17, 15) is 5.11 Å². The third-order valence-electron chi connectivity index (χ3n) is 3.55. The van der Waals surface area contributed by atoms with Gasteiger partial charge in [-0.3, -0.25) is 4.90 Å². The molecule has 5 nitrogen and oxygen atoms in total. The second-order valence-electron chi connectivity index (χ2n) is 4.83. The smallest absolute Gasteiger partial charge is 0.241 e. The van der Waals surface area contributed by atoms with Gasteiger partial charge in [-0.05, 0) is 19.4 Å². The van der Waals surface area contributed by atoms with Crippen LogP contribution in [0.15, 0.2) is 34.9 Å². The molecule has 0 saturated carbocycles. The van der Waals surface area contributed by atoms with Crippen LogP contribution in [0.1, 0.15) is 18.7 Å². The zero-order chi connectivity index (χ0) is 13.1. The van der Waals surface area contributed by atoms with Crippen LogP contribution in [0.4, 0.5) is 0 Å². The normalized spacial score (nSPS) is 19.9. The Labute approximate surface area is 111 Å². The number of benzene rings is 1. The molecule has 0 aliphatic carbocycles. The zero-order valence-electron chi connectivity index (χ0n) is 10.7. The SMILES string of the molecule is OC[C@@H]1CCCN1Cc1nc(-c2ccccc2)no1. The minimum atomic E-state index is 0.194. The molecule has 1 atom stereocenters. The van der Waals surface area contributed by atoms with Crippen LogP contribution in [0.25, 0.3) is 11.4 Å². The van der Waals surface area contributed by atoms with Crippen molar-refractivity contribution in [3.8, 4) is 11.4 Å². The number of likely N-dealkylation sites (tertiary alicyclic amines) is 1. The van der Waals surface area contributed by atoms with Crippen molar-refractivity contribution < 1.29 is 9.63 Å². The van der Waals surface area contributed by atoms with E-state index in [4.69, 9.17) is 4.52 Å². The Morgan fingerprint density at radius 2 is 2.16 bits per heavy atom. The van der Waals surface area contributed by atoms with Crippen molar-refractivity contribution in [1.29, 1.82) is 0 Å². The highest BCUT2D eigenvalue weighted by molar-refractivity contribution is 5.53. The minimum absolute atomic E-state index is 0.194. The molecule has 100 valence electrons. The Bertz CT molecular complexity index is 526. The maximum Gasteiger partial charge on any atom is 0.241 e. The first-order valence-corrected chi connectivity index (χ1v) is 6.60. The molecule has 2 heterocycles. The second-order valence-corrected chi connectivity index (χ2v) is 4.83. The number of aromatic nitrogens is 2. The van der Waals surface area contributed by atoms with Crippen molar-refractivity contribution in [2.24, 2.45) is 0 Å². The molecule has 1 aromatic heterocycles. The number of hydrogen-bond donors (Lipinski definition) is 1. The lowest BCUT2D eigenvalue weighted by Gasteiger charge is -2.20. The van der Waals surface area contributed by atoms with E-state index in [1.807, 2.05) is 30.3 Å². The van der Waals surface area contributed by atoms with Gasteiger partial charge in [0.2, 0.25) is 11.7 Å². The zero-order valence-corrected chi connectivity index (χ0v) is 10.7. The maximum absolute atomic E-state index is 9.29. The largest absolute Gasteiger partial charge is 0.395 e. The average molecular weight is 259 g/mol. The summed E-state index contributed by atoms with van der Waals surface area (Å²) in [4.78, 5) is 6.61. The molecular formula is C14H17N3O2. The average Bonchev–Trinajstić information content (AvgIpc) is 3.09. The van der Waals surface area contributed by atoms with Crippen LogP contribution in [0.3, 0.4) is 0 Å². The summed E-state index contributed by atoms with van der Waals surface area (Å²) in [5, 5.41) is 13.3. The Hall–Kier alpha value is -1.72. The van der Waals surface area contributed by atoms with Gasteiger partial charge in [0.25, 0.3) is 0 Å². The van der Waals surface area contributed by atoms with Crippen LogP contribution in [-0.4, -0.2) is 39.3 Å². The summed E-state index contributed by atoms with van der Waals surface area (Å²) in [5.41, 5.74) is 0.956. The molecule has 1 aromatic carbocycles. The predicted molar refractivity (Wildman–Crippen MR) is 70.3 cm³/mol. The van der Waals surface area contributed by atoms with Gasteiger partial charge >= 0.3 is 0 Å². The van der Waals surface area contributed by atoms with Crippen molar-refractivity contribution in [2.75, 3.05) is 13.2 Å². The summed E-state index contributed by atoms with van der Waals surface area (Å²) < 4.78 is 5.29. The van der Waals surface area contributed by atoms with Crippen molar-refractivity contribution >= 4 is 0 Å². The van der Waals surface area contributed by atoms with Gasteiger partial charge in [0, 0.05) is 11.6 Å². The van der Waals surface area contributed by atoms with Crippen LogP contribution in [0.5, 0.6) is 0 Å². The first kappa shape index (κ1) is 12.3. The fraction of sp³-hybridized carbons (Fsp3) is 0.429. The number of nitrogens with zero attached hydrogens (tertiary/aromatic N) is 3. The highest BCUT2D eigenvalue weighted by atomic mass is 16.5. The number of rotatable bonds is 4. The molecular weight excluding hydrogens is 242 g/mol. The third-order valence-corrected chi connectivity index (χ3v) is 3.55. The molecule has 1 fully saturated rings. The molecule has 1 aliphatic heterocycles. The van der Waals surface area contributed by atoms with Crippen molar-refractivity contribution in [3.05, 3.63) is 36.2 Å². The standard InChI is InChI=1S/C14H17N3O2/c18-10-12-7-4-8-17(12)9-13-15-14(16-19-13)11-5-2-1-3-6-11/h1-3,5-6,12,18H,4,7-10H2/t12-/m0/s1. The van der Waals surface area contributed by atoms with Gasteiger partial charge in [0.1, 0.15) is 0 Å². The second kappa shape index (κ2) is 5.50. The maximum atomic E-state index is 9.29. The fourth-order valence-corrected chi connectivity index (χ4v) is 2.51. The monoisotopic (exact) mass is 259 g/mol. The lowest BCUT2D eigenvalue weighted by Crippen LogP contribution is -2.31. The van der Waals surface area contributed by atoms with Crippen LogP contribution < -0.4 is 0 Å². The summed E-state index contributed by atoms with van der Waals surface area (Å²) in [6, 6.07) is 10.0. The van der Waals surface area contributed by atoms with Gasteiger partial charge in [0.15, 0.2) is 0 Å². The highest BCUT2D eigenvalue weighted by Crippen LogP contribution is 2.20. The molecule has 1 saturated heterocycles. The first-order valence-electron chi connectivity index (χ1n) is 6.60. The number of aliphatic hydroxyl groups excluding tert-OH is 1. The predicted octanol–water partition coefficient (Wildman–Crippen LogP) is 1.69. The molecule has 0 amide bonds. The van der Waals surface area contributed by atoms with E-state index in [1.165, 1.54) is 0 Å². The van der Waals surface area contributed by atoms with Gasteiger partial charge < -0.3 is 9.63 Å². The summed E-state index contributed by atoms with van der Waals surface area (Å²) in [6.45, 7) is 1.79. The van der Waals surface area contributed by atoms with Gasteiger partial charge in [-0.1, -0.05) is 35.5 Å². The molecule has 1 aliphatic rings. The van der Waals surface area contributed by atoms with Crippen LogP contribution in [-0.2, 0) is 6.54 Å². The number of hydrogen-bond acceptors (Lipinski definition) is 5. The molecule has 5 heteroatoms. The highest BCUT2D eigenvalue weighted by Gasteiger charge is 2.25. The van der Waals surface area contributed by atoms with Gasteiger partial charge in [-0.2, -0.15) is 4.98 Å². The number of aliphatic hydroxyl groups is 1. The van der Waals surface area contributed by atoms with Gasteiger partial charge in [0.05, 0.1) is 13.2 Å². The van der Waals surface area contributed by atoms with Crippen molar-refractivity contribution in [1.82, 2.24) is 15.0 Å². The van der Waals surface area contributed by atoms with Gasteiger partial charge in [-0.15, -0.1) is 0 Å². The van der Waals surface area contributed by atoms with Crippen LogP contribution in [0.2, 0.25) is 0 Å². The van der Waals surface area contributed by atoms with E-state index in [2.05, 4.69) is 15.0 Å². The molecule has 19 heavy (non-hydrogen) atoms. The first-order chi connectivity index (χ1) is 9.36. The molecule has 0 bridgehead atoms. The lowest BCUT2D eigenvalue weighted by molar-refractivity contribution is 0.141. The van der Waals surface area contributed by atoms with Crippen molar-refractivity contribution in [2.45, 2.75) is 25.4 Å². The molecule has 1 N–H and O–H groups in total. The Morgan fingerprint density at radius 3 is 2.95 bits per heavy atom. The summed E-state index contributed by atoms with van der Waals surface area (Å²) >= 11 is 0. The topological polar surface area (TPSA) is 62.4 Å². The van der Waals surface area contributed by atoms with Gasteiger partial charge in [-0.25, -0.2) is 0 Å². The Morgan fingerprint density at radius 1 is 1.32 bits per heavy atom. The van der Waals surface area contributed by atoms with Crippen LogP contribution in [0, 0.1) is 0 Å². The summed E-state index contributed by atoms with van der Waals surface area (Å²) in [5.74, 6) is 1.23. The fourth-order valence-electron chi connectivity index (χ4n) is 2.51. The molecule has 0 radical (unpaired) electrons. The van der Waals surface area contributed by atoms with Crippen LogP contribution >= 0.6 is 0 Å². The van der Waals surface area contributed by atoms with E-state index in [1.54, 1.807) is 0 Å². The van der Waals surface area contributed by atoms with E-state index in [0.29, 0.717) is 18.3 Å². The van der Waals surface area contributed by atoms with E-state index >= 15 is 0 Å².